The van der Waals surface area contributed by atoms with E-state index in [1.807, 2.05) is 0 Å². The smallest absolute Gasteiger partial charge is 1.00 e. The van der Waals surface area contributed by atoms with Crippen molar-refractivity contribution in [3.05, 3.63) is 195 Å². The van der Waals surface area contributed by atoms with Gasteiger partial charge in [-0.05, 0) is 0 Å². The second kappa shape index (κ2) is 20.1. The minimum Gasteiger partial charge on any atom is -1.00 e. The van der Waals surface area contributed by atoms with E-state index in [-0.39, 0.29) is 44.7 Å². The molecular weight excluding hydrogens is 990 g/mol. The Hall–Kier alpha value is -3.29. The van der Waals surface area contributed by atoms with E-state index in [9.17, 15) is 0 Å². The van der Waals surface area contributed by atoms with Gasteiger partial charge in [-0.2, -0.15) is 0 Å². The van der Waals surface area contributed by atoms with Crippen molar-refractivity contribution in [1.82, 2.24) is 0 Å². The molecule has 0 bridgehead atoms. The largest absolute Gasteiger partial charge is 1.00 e. The molecular formula is C63H70Cl4Zr. The van der Waals surface area contributed by atoms with Crippen LogP contribution >= 0.6 is 23.2 Å². The van der Waals surface area contributed by atoms with Gasteiger partial charge in [0.2, 0.25) is 0 Å². The molecule has 0 fully saturated rings. The van der Waals surface area contributed by atoms with Crippen LogP contribution in [-0.4, -0.2) is 3.21 Å². The minimum atomic E-state index is -3.33. The number of allylic oxidation sites excluding steroid dienone is 4. The normalized spacial score (nSPS) is 14.6. The number of halogens is 4. The van der Waals surface area contributed by atoms with Gasteiger partial charge in [0.05, 0.1) is 0 Å². The fourth-order valence-electron chi connectivity index (χ4n) is 11.4. The fraction of sp³-hybridized carbons (Fsp3) is 0.349. The van der Waals surface area contributed by atoms with Crippen molar-refractivity contribution in [2.75, 3.05) is 0 Å². The van der Waals surface area contributed by atoms with Gasteiger partial charge in [0.25, 0.3) is 0 Å². The van der Waals surface area contributed by atoms with Crippen LogP contribution in [0.2, 0.25) is 10.0 Å². The van der Waals surface area contributed by atoms with Crippen molar-refractivity contribution in [2.45, 2.75) is 132 Å². The Labute approximate surface area is 440 Å². The van der Waals surface area contributed by atoms with Gasteiger partial charge in [-0.15, -0.1) is 0 Å². The molecule has 0 radical (unpaired) electrons. The van der Waals surface area contributed by atoms with Crippen molar-refractivity contribution in [2.24, 2.45) is 11.3 Å². The third-order valence-corrected chi connectivity index (χ3v) is 23.3. The van der Waals surface area contributed by atoms with Gasteiger partial charge in [0, 0.05) is 0 Å². The molecule has 0 aliphatic heterocycles. The van der Waals surface area contributed by atoms with Crippen LogP contribution in [-0.2, 0) is 32.1 Å². The molecule has 2 aliphatic rings. The van der Waals surface area contributed by atoms with E-state index in [1.165, 1.54) is 109 Å². The molecule has 5 heteroatoms. The third kappa shape index (κ3) is 10.2. The van der Waals surface area contributed by atoms with Gasteiger partial charge in [0.1, 0.15) is 0 Å². The Morgan fingerprint density at radius 3 is 1.19 bits per heavy atom. The molecule has 354 valence electrons. The summed E-state index contributed by atoms with van der Waals surface area (Å²) < 4.78 is 3.34. The van der Waals surface area contributed by atoms with E-state index < -0.39 is 21.3 Å². The van der Waals surface area contributed by atoms with Gasteiger partial charge in [-0.1, -0.05) is 0 Å². The third-order valence-electron chi connectivity index (χ3n) is 14.3. The molecule has 1 atom stereocenters. The summed E-state index contributed by atoms with van der Waals surface area (Å²) in [7, 11) is 0. The maximum Gasteiger partial charge on any atom is -1.00 e. The monoisotopic (exact) mass is 1060 g/mol. The van der Waals surface area contributed by atoms with Crippen LogP contribution in [0.25, 0.3) is 33.4 Å². The zero-order chi connectivity index (χ0) is 47.9. The van der Waals surface area contributed by atoms with E-state index >= 15 is 0 Å². The van der Waals surface area contributed by atoms with Gasteiger partial charge < -0.3 is 24.8 Å². The zero-order valence-corrected chi connectivity index (χ0v) is 48.7. The molecule has 0 N–H and O–H groups in total. The predicted molar refractivity (Wildman–Crippen MR) is 286 cm³/mol. The summed E-state index contributed by atoms with van der Waals surface area (Å²) in [4.78, 5) is 0. The Balaban J connectivity index is 0.00000381. The Morgan fingerprint density at radius 1 is 0.500 bits per heavy atom. The quantitative estimate of drug-likeness (QED) is 0.149. The predicted octanol–water partition coefficient (Wildman–Crippen LogP) is 12.6. The summed E-state index contributed by atoms with van der Waals surface area (Å²) in [5.41, 5.74) is 25.8. The van der Waals surface area contributed by atoms with E-state index in [2.05, 4.69) is 220 Å². The Bertz CT molecular complexity index is 2790. The first kappa shape index (κ1) is 54.1. The Kier molecular flexibility index (Phi) is 16.0. The summed E-state index contributed by atoms with van der Waals surface area (Å²) in [6, 6.07) is 37.7. The standard InChI is InChI=1S/C39H45.C13H8Cl2.C11H17.2ClH.Zr/c1-22-13-24(3)36(25(4)14-22)32-18-28-17-29-19-33(37-26(5)15-23(2)16-27(37)6)35(39(10,11)12)21-31(29)30(28)20-34(32)38(7,8)9;14-12-5-1-10(2-6-12)9-11-3-7-13(15)8-4-11;1-5-9-6-7-10(8-9)11(2,3)4;;;/h13-21H,1-12H3;1-8H;7-9H,5H2,1-4H3;2*1H;/q;;;;;+2/p-2. The number of hydrogen-bond acceptors (Lipinski definition) is 0. The molecule has 8 rings (SSSR count). The van der Waals surface area contributed by atoms with E-state index in [0.29, 0.717) is 5.92 Å². The van der Waals surface area contributed by atoms with Crippen molar-refractivity contribution in [3.8, 4) is 33.4 Å². The molecule has 2 aliphatic carbocycles. The van der Waals surface area contributed by atoms with E-state index in [4.69, 9.17) is 23.2 Å². The second-order valence-electron chi connectivity index (χ2n) is 22.7. The number of fused-ring (bicyclic) bond motifs is 3. The molecule has 0 aromatic heterocycles. The maximum absolute atomic E-state index is 6.76. The van der Waals surface area contributed by atoms with Gasteiger partial charge in [0.15, 0.2) is 0 Å². The molecule has 68 heavy (non-hydrogen) atoms. The van der Waals surface area contributed by atoms with Crippen LogP contribution in [0.4, 0.5) is 0 Å². The average Bonchev–Trinajstić information content (AvgIpc) is 3.78. The van der Waals surface area contributed by atoms with Crippen molar-refractivity contribution >= 4 is 26.4 Å². The molecule has 6 aromatic rings. The molecule has 0 heterocycles. The molecule has 0 saturated carbocycles. The molecule has 0 nitrogen and oxygen atoms in total. The first-order valence-corrected chi connectivity index (χ1v) is 28.7. The van der Waals surface area contributed by atoms with Crippen LogP contribution in [0.15, 0.2) is 118 Å². The number of aryl methyl sites for hydroxylation is 6. The van der Waals surface area contributed by atoms with E-state index in [1.54, 1.807) is 3.28 Å². The molecule has 0 spiro atoms. The average molecular weight is 1060 g/mol. The van der Waals surface area contributed by atoms with Crippen molar-refractivity contribution in [3.63, 3.8) is 0 Å². The van der Waals surface area contributed by atoms with Crippen molar-refractivity contribution < 1.29 is 46.1 Å². The summed E-state index contributed by atoms with van der Waals surface area (Å²) in [5.74, 6) is 0.348. The first-order valence-electron chi connectivity index (χ1n) is 24.1. The van der Waals surface area contributed by atoms with Gasteiger partial charge >= 0.3 is 419 Å². The van der Waals surface area contributed by atoms with Crippen molar-refractivity contribution in [1.29, 1.82) is 0 Å². The minimum absolute atomic E-state index is 0. The maximum atomic E-state index is 6.76. The summed E-state index contributed by atoms with van der Waals surface area (Å²) in [6.45, 7) is 37.7. The zero-order valence-electron chi connectivity index (χ0n) is 43.3. The Morgan fingerprint density at radius 2 is 0.868 bits per heavy atom. The SMILES string of the molecule is CCC1C=C(C(C)(C)C)C=[C]1[Zr+2](=[C](c1ccc(Cl)cc1)c1ccc(Cl)cc1)[CH]1c2cc(-c3c(C)cc(C)cc3C)c(C(C)(C)C)cc2-c2cc(C(C)(C)C)c(-c3c(C)cc(C)cc3C)cc21.[Cl-].[Cl-]. The van der Waals surface area contributed by atoms with E-state index in [0.717, 1.165) is 16.5 Å². The van der Waals surface area contributed by atoms with Crippen LogP contribution in [0.5, 0.6) is 0 Å². The van der Waals surface area contributed by atoms with Crippen LogP contribution in [0.1, 0.15) is 146 Å². The summed E-state index contributed by atoms with van der Waals surface area (Å²) >= 11 is 10.2. The van der Waals surface area contributed by atoms with Gasteiger partial charge in [-0.3, -0.25) is 0 Å². The molecule has 6 aromatic carbocycles. The summed E-state index contributed by atoms with van der Waals surface area (Å²) in [5, 5.41) is 1.51. The van der Waals surface area contributed by atoms with Crippen LogP contribution in [0.3, 0.4) is 0 Å². The first-order chi connectivity index (χ1) is 30.9. The fourth-order valence-corrected chi connectivity index (χ4v) is 21.4. The molecule has 1 unspecified atom stereocenters. The topological polar surface area (TPSA) is 0 Å². The number of hydrogen-bond donors (Lipinski definition) is 0. The van der Waals surface area contributed by atoms with Crippen LogP contribution < -0.4 is 24.8 Å². The second-order valence-corrected chi connectivity index (χ2v) is 29.7. The van der Waals surface area contributed by atoms with Crippen LogP contribution in [0, 0.1) is 52.9 Å². The number of rotatable bonds is 7. The molecule has 0 amide bonds. The van der Waals surface area contributed by atoms with Gasteiger partial charge in [-0.25, -0.2) is 0 Å². The summed E-state index contributed by atoms with van der Waals surface area (Å²) in [6.07, 6.45) is 6.38. The molecule has 0 saturated heterocycles. The number of benzene rings is 6.